The van der Waals surface area contributed by atoms with Crippen molar-refractivity contribution in [3.8, 4) is 5.75 Å². The third-order valence-corrected chi connectivity index (χ3v) is 2.51. The molecule has 0 aliphatic heterocycles. The number of rotatable bonds is 2. The zero-order valence-electron chi connectivity index (χ0n) is 12.1. The molecule has 0 aliphatic carbocycles. The van der Waals surface area contributed by atoms with Crippen LogP contribution >= 0.6 is 0 Å². The first kappa shape index (κ1) is 6.88. The predicted molar refractivity (Wildman–Crippen MR) is 61.4 cm³/mol. The van der Waals surface area contributed by atoms with Crippen molar-refractivity contribution in [2.75, 3.05) is 7.11 Å². The van der Waals surface area contributed by atoms with Gasteiger partial charge < -0.3 is 4.74 Å². The number of fused-ring (bicyclic) bond motifs is 1. The Balaban J connectivity index is 2.74. The van der Waals surface area contributed by atoms with Gasteiger partial charge in [-0.2, -0.15) is 5.10 Å². The lowest BCUT2D eigenvalue weighted by Crippen LogP contribution is -1.91. The number of nitrogens with zero attached hydrogens (tertiary/aromatic N) is 2. The van der Waals surface area contributed by atoms with E-state index < -0.39 is 6.98 Å². The first-order valence-electron chi connectivity index (χ1n) is 6.41. The summed E-state index contributed by atoms with van der Waals surface area (Å²) in [5, 5.41) is 4.96. The summed E-state index contributed by atoms with van der Waals surface area (Å²) < 4.78 is 28.5. The normalized spacial score (nSPS) is 15.1. The van der Waals surface area contributed by atoms with Crippen LogP contribution < -0.4 is 4.74 Å². The summed E-state index contributed by atoms with van der Waals surface area (Å²) in [5.74, 6) is 0.894. The van der Waals surface area contributed by atoms with Gasteiger partial charge >= 0.3 is 0 Å². The van der Waals surface area contributed by atoms with E-state index in [4.69, 9.17) is 8.85 Å². The van der Waals surface area contributed by atoms with Crippen LogP contribution in [0.25, 0.3) is 10.9 Å². The lowest BCUT2D eigenvalue weighted by Gasteiger charge is -2.08. The van der Waals surface area contributed by atoms with Crippen molar-refractivity contribution >= 4 is 10.9 Å². The van der Waals surface area contributed by atoms with E-state index in [0.29, 0.717) is 17.2 Å². The second kappa shape index (κ2) is 3.57. The van der Waals surface area contributed by atoms with E-state index in [-0.39, 0.29) is 0 Å². The van der Waals surface area contributed by atoms with E-state index in [1.165, 1.54) is 0 Å². The van der Waals surface area contributed by atoms with Gasteiger partial charge in [-0.05, 0) is 17.5 Å². The van der Waals surface area contributed by atoms with Gasteiger partial charge in [0.25, 0.3) is 0 Å². The van der Waals surface area contributed by atoms with Gasteiger partial charge in [-0.25, -0.2) is 0 Å². The lowest BCUT2D eigenvalue weighted by atomic mass is 9.99. The maximum Gasteiger partial charge on any atom is 0.146 e. The Bertz CT molecular complexity index is 572. The molecule has 0 N–H and O–H groups in total. The summed E-state index contributed by atoms with van der Waals surface area (Å²) in [5.41, 5.74) is 1.67. The topological polar surface area (TPSA) is 27.1 Å². The van der Waals surface area contributed by atoms with Crippen LogP contribution in [0.1, 0.15) is 29.4 Å². The summed E-state index contributed by atoms with van der Waals surface area (Å²) in [4.78, 5) is 0. The minimum atomic E-state index is -2.27. The van der Waals surface area contributed by atoms with E-state index in [0.717, 1.165) is 15.6 Å². The summed E-state index contributed by atoms with van der Waals surface area (Å²) in [6.07, 6.45) is 1.57. The summed E-state index contributed by atoms with van der Waals surface area (Å²) >= 11 is 0. The second-order valence-electron chi connectivity index (χ2n) is 3.85. The molecule has 0 bridgehead atoms. The number of hydrogen-bond donors (Lipinski definition) is 0. The van der Waals surface area contributed by atoms with Crippen molar-refractivity contribution in [2.24, 2.45) is 6.98 Å². The second-order valence-corrected chi connectivity index (χ2v) is 3.85. The number of benzene rings is 1. The van der Waals surface area contributed by atoms with Crippen LogP contribution in [0.3, 0.4) is 0 Å². The highest BCUT2D eigenvalue weighted by molar-refractivity contribution is 5.87. The first-order chi connectivity index (χ1) is 8.34. The van der Waals surface area contributed by atoms with Crippen molar-refractivity contribution in [3.05, 3.63) is 23.9 Å². The Hall–Kier alpha value is -1.51. The molecule has 1 heterocycles. The van der Waals surface area contributed by atoms with Gasteiger partial charge in [0.1, 0.15) is 11.3 Å². The Morgan fingerprint density at radius 3 is 2.87 bits per heavy atom. The van der Waals surface area contributed by atoms with Crippen LogP contribution in [0.5, 0.6) is 5.75 Å². The molecule has 0 amide bonds. The number of aryl methyl sites for hydroxylation is 1. The Labute approximate surface area is 93.9 Å². The van der Waals surface area contributed by atoms with Crippen LogP contribution in [-0.4, -0.2) is 16.9 Å². The molecule has 3 nitrogen and oxygen atoms in total. The maximum atomic E-state index is 7.40. The molecule has 0 radical (unpaired) electrons. The van der Waals surface area contributed by atoms with Crippen molar-refractivity contribution in [2.45, 2.75) is 19.8 Å². The molecule has 0 fully saturated rings. The standard InChI is InChI=1S/C12H16N2O/c1-8(2)9-5-6-11(15-4)12-10(9)7-14(3)13-12/h5-8H,1-4H3/i3D3. The Kier molecular flexibility index (Phi) is 1.64. The van der Waals surface area contributed by atoms with Crippen LogP contribution in [0.15, 0.2) is 18.3 Å². The van der Waals surface area contributed by atoms with Crippen molar-refractivity contribution in [1.82, 2.24) is 9.78 Å². The molecule has 80 valence electrons. The Morgan fingerprint density at radius 1 is 1.47 bits per heavy atom. The molecule has 3 heteroatoms. The Morgan fingerprint density at radius 2 is 2.27 bits per heavy atom. The molecule has 0 saturated heterocycles. The number of methoxy groups -OCH3 is 1. The minimum Gasteiger partial charge on any atom is -0.494 e. The van der Waals surface area contributed by atoms with E-state index in [2.05, 4.69) is 18.9 Å². The number of aromatic nitrogens is 2. The van der Waals surface area contributed by atoms with Crippen LogP contribution in [0, 0.1) is 0 Å². The van der Waals surface area contributed by atoms with Gasteiger partial charge in [-0.3, -0.25) is 4.68 Å². The van der Waals surface area contributed by atoms with Crippen molar-refractivity contribution < 1.29 is 8.85 Å². The molecule has 1 aromatic carbocycles. The van der Waals surface area contributed by atoms with Gasteiger partial charge in [0.2, 0.25) is 0 Å². The number of hydrogen-bond acceptors (Lipinski definition) is 2. The summed E-state index contributed by atoms with van der Waals surface area (Å²) in [6.45, 7) is 1.86. The minimum absolute atomic E-state index is 0.299. The van der Waals surface area contributed by atoms with E-state index in [1.807, 2.05) is 12.1 Å². The van der Waals surface area contributed by atoms with Crippen molar-refractivity contribution in [3.63, 3.8) is 0 Å². The maximum absolute atomic E-state index is 7.40. The molecular formula is C12H16N2O. The summed E-state index contributed by atoms with van der Waals surface area (Å²) in [6, 6.07) is 3.78. The summed E-state index contributed by atoms with van der Waals surface area (Å²) in [7, 11) is 1.55. The monoisotopic (exact) mass is 207 g/mol. The van der Waals surface area contributed by atoms with Gasteiger partial charge in [0.05, 0.1) is 7.11 Å². The smallest absolute Gasteiger partial charge is 0.146 e. The molecule has 1 aromatic heterocycles. The van der Waals surface area contributed by atoms with Crippen LogP contribution in [0.4, 0.5) is 0 Å². The largest absolute Gasteiger partial charge is 0.494 e. The fourth-order valence-corrected chi connectivity index (χ4v) is 1.77. The fraction of sp³-hybridized carbons (Fsp3) is 0.417. The molecule has 15 heavy (non-hydrogen) atoms. The van der Waals surface area contributed by atoms with Gasteiger partial charge in [-0.15, -0.1) is 0 Å². The predicted octanol–water partition coefficient (Wildman–Crippen LogP) is 2.71. The van der Waals surface area contributed by atoms with Gasteiger partial charge in [0, 0.05) is 22.7 Å². The fourth-order valence-electron chi connectivity index (χ4n) is 1.77. The van der Waals surface area contributed by atoms with Gasteiger partial charge in [-0.1, -0.05) is 19.9 Å². The average molecular weight is 207 g/mol. The lowest BCUT2D eigenvalue weighted by molar-refractivity contribution is 0.418. The number of ether oxygens (including phenoxy) is 1. The molecule has 0 saturated carbocycles. The van der Waals surface area contributed by atoms with E-state index in [1.54, 1.807) is 13.3 Å². The zero-order valence-corrected chi connectivity index (χ0v) is 9.11. The van der Waals surface area contributed by atoms with Crippen molar-refractivity contribution in [1.29, 1.82) is 0 Å². The zero-order chi connectivity index (χ0) is 13.5. The van der Waals surface area contributed by atoms with Crippen LogP contribution in [-0.2, 0) is 6.98 Å². The highest BCUT2D eigenvalue weighted by Gasteiger charge is 2.11. The average Bonchev–Trinajstić information content (AvgIpc) is 2.71. The molecule has 0 atom stereocenters. The molecular weight excluding hydrogens is 188 g/mol. The quantitative estimate of drug-likeness (QED) is 0.757. The molecule has 0 aliphatic rings. The molecule has 0 unspecified atom stereocenters. The third-order valence-electron chi connectivity index (χ3n) is 2.51. The SMILES string of the molecule is [2H]C([2H])([2H])n1cc2c(C(C)C)ccc(OC)c2n1. The third kappa shape index (κ3) is 1.58. The van der Waals surface area contributed by atoms with E-state index >= 15 is 0 Å². The highest BCUT2D eigenvalue weighted by atomic mass is 16.5. The van der Waals surface area contributed by atoms with Crippen LogP contribution in [0.2, 0.25) is 0 Å². The van der Waals surface area contributed by atoms with E-state index in [9.17, 15) is 0 Å². The molecule has 2 rings (SSSR count). The molecule has 2 aromatic rings. The van der Waals surface area contributed by atoms with Gasteiger partial charge in [0.15, 0.2) is 0 Å². The first-order valence-corrected chi connectivity index (χ1v) is 4.91. The highest BCUT2D eigenvalue weighted by Crippen LogP contribution is 2.30. The molecule has 0 spiro atoms.